The van der Waals surface area contributed by atoms with Crippen LogP contribution in [0.4, 0.5) is 8.78 Å². The van der Waals surface area contributed by atoms with Crippen molar-refractivity contribution in [3.63, 3.8) is 0 Å². The van der Waals surface area contributed by atoms with E-state index < -0.39 is 12.3 Å². The van der Waals surface area contributed by atoms with Gasteiger partial charge in [-0.2, -0.15) is 30.3 Å². The van der Waals surface area contributed by atoms with Crippen molar-refractivity contribution in [2.45, 2.75) is 19.3 Å². The van der Waals surface area contributed by atoms with E-state index in [1.165, 1.54) is 13.0 Å². The summed E-state index contributed by atoms with van der Waals surface area (Å²) in [5.74, 6) is 0. The zero-order valence-corrected chi connectivity index (χ0v) is 12.2. The standard InChI is InChI=1S/C14H12F2N.Ir/c1-14(16,11-6-3-2-4-7-11)13-9-5-8-12(10-15)17-13;/h2-6,8-9H,10H2,1H3;/q-1;. The molecule has 0 aliphatic rings. The smallest absolute Gasteiger partial charge is 0.152 e. The fraction of sp³-hybridized carbons (Fsp3) is 0.214. The maximum Gasteiger partial charge on any atom is 0.152 e. The Labute approximate surface area is 119 Å². The molecule has 1 nitrogen and oxygen atoms in total. The third-order valence-electron chi connectivity index (χ3n) is 2.64. The summed E-state index contributed by atoms with van der Waals surface area (Å²) in [6.45, 7) is 0.714. The van der Waals surface area contributed by atoms with Crippen molar-refractivity contribution in [3.8, 4) is 0 Å². The number of benzene rings is 1. The van der Waals surface area contributed by atoms with Crippen LogP contribution in [0.5, 0.6) is 0 Å². The van der Waals surface area contributed by atoms with Gasteiger partial charge in [0.25, 0.3) is 0 Å². The first-order valence-electron chi connectivity index (χ1n) is 5.33. The van der Waals surface area contributed by atoms with Crippen molar-refractivity contribution >= 4 is 0 Å². The predicted octanol–water partition coefficient (Wildman–Crippen LogP) is 3.58. The Morgan fingerprint density at radius 2 is 2.00 bits per heavy atom. The minimum Gasteiger partial charge on any atom is -0.251 e. The van der Waals surface area contributed by atoms with E-state index in [1.54, 1.807) is 36.4 Å². The van der Waals surface area contributed by atoms with Gasteiger partial charge in [0.15, 0.2) is 5.67 Å². The molecule has 1 radical (unpaired) electrons. The molecule has 18 heavy (non-hydrogen) atoms. The predicted molar refractivity (Wildman–Crippen MR) is 61.9 cm³/mol. The number of pyridine rings is 1. The number of rotatable bonds is 3. The van der Waals surface area contributed by atoms with Gasteiger partial charge in [-0.15, -0.1) is 5.56 Å². The summed E-state index contributed by atoms with van der Waals surface area (Å²) in [7, 11) is 0. The van der Waals surface area contributed by atoms with E-state index in [0.29, 0.717) is 5.56 Å². The first kappa shape index (κ1) is 14.9. The molecule has 0 amide bonds. The van der Waals surface area contributed by atoms with Crippen molar-refractivity contribution in [2.24, 2.45) is 0 Å². The number of nitrogens with zero attached hydrogens (tertiary/aromatic N) is 1. The van der Waals surface area contributed by atoms with Crippen LogP contribution in [0.25, 0.3) is 0 Å². The van der Waals surface area contributed by atoms with E-state index >= 15 is 0 Å². The van der Waals surface area contributed by atoms with Crippen LogP contribution in [0.3, 0.4) is 0 Å². The second kappa shape index (κ2) is 6.17. The van der Waals surface area contributed by atoms with E-state index in [1.807, 2.05) is 0 Å². The third-order valence-corrected chi connectivity index (χ3v) is 2.64. The van der Waals surface area contributed by atoms with Gasteiger partial charge in [0.05, 0.1) is 11.4 Å². The third kappa shape index (κ3) is 3.01. The Bertz CT molecular complexity index is 500. The SMILES string of the molecule is CC(F)(c1[c-]cccc1)c1cccc(CF)n1.[Ir]. The molecule has 1 unspecified atom stereocenters. The number of hydrogen-bond donors (Lipinski definition) is 0. The second-order valence-electron chi connectivity index (χ2n) is 3.93. The van der Waals surface area contributed by atoms with Crippen molar-refractivity contribution in [3.05, 3.63) is 65.5 Å². The van der Waals surface area contributed by atoms with Gasteiger partial charge >= 0.3 is 0 Å². The van der Waals surface area contributed by atoms with Gasteiger partial charge in [0.1, 0.15) is 6.67 Å². The first-order chi connectivity index (χ1) is 8.14. The Kier molecular flexibility index (Phi) is 5.12. The van der Waals surface area contributed by atoms with Crippen LogP contribution in [0.15, 0.2) is 42.5 Å². The van der Waals surface area contributed by atoms with E-state index in [-0.39, 0.29) is 31.5 Å². The molecule has 0 N–H and O–H groups in total. The maximum absolute atomic E-state index is 14.7. The molecule has 97 valence electrons. The molecular weight excluding hydrogens is 412 g/mol. The molecule has 0 bridgehead atoms. The number of aromatic nitrogens is 1. The number of halogens is 2. The topological polar surface area (TPSA) is 12.9 Å². The molecule has 0 aliphatic carbocycles. The normalized spacial score (nSPS) is 13.5. The molecule has 1 aromatic heterocycles. The molecule has 1 aromatic carbocycles. The summed E-state index contributed by atoms with van der Waals surface area (Å²) in [5.41, 5.74) is -0.923. The largest absolute Gasteiger partial charge is 0.251 e. The zero-order chi connectivity index (χ0) is 12.3. The van der Waals surface area contributed by atoms with Crippen LogP contribution < -0.4 is 0 Å². The average molecular weight is 424 g/mol. The van der Waals surface area contributed by atoms with Gasteiger partial charge in [-0.25, -0.2) is 8.78 Å². The summed E-state index contributed by atoms with van der Waals surface area (Å²) in [4.78, 5) is 3.97. The van der Waals surface area contributed by atoms with Gasteiger partial charge in [0.2, 0.25) is 0 Å². The van der Waals surface area contributed by atoms with Crippen LogP contribution in [0, 0.1) is 6.07 Å². The summed E-state index contributed by atoms with van der Waals surface area (Å²) < 4.78 is 27.2. The van der Waals surface area contributed by atoms with Gasteiger partial charge in [-0.05, 0) is 19.1 Å². The Hall–Kier alpha value is -1.12. The minimum atomic E-state index is -1.76. The van der Waals surface area contributed by atoms with Gasteiger partial charge in [-0.3, -0.25) is 4.98 Å². The fourth-order valence-electron chi connectivity index (χ4n) is 1.64. The number of alkyl halides is 2. The zero-order valence-electron chi connectivity index (χ0n) is 9.79. The second-order valence-corrected chi connectivity index (χ2v) is 3.93. The van der Waals surface area contributed by atoms with Gasteiger partial charge < -0.3 is 0 Å². The Balaban J connectivity index is 0.00000162. The van der Waals surface area contributed by atoms with Gasteiger partial charge in [0, 0.05) is 20.1 Å². The molecule has 1 heterocycles. The molecule has 4 heteroatoms. The molecule has 0 aliphatic heterocycles. The quantitative estimate of drug-likeness (QED) is 0.687. The van der Waals surface area contributed by atoms with E-state index in [4.69, 9.17) is 0 Å². The monoisotopic (exact) mass is 425 g/mol. The molecule has 2 aromatic rings. The van der Waals surface area contributed by atoms with Crippen LogP contribution in [0.2, 0.25) is 0 Å². The summed E-state index contributed by atoms with van der Waals surface area (Å²) in [6.07, 6.45) is 0. The first-order valence-corrected chi connectivity index (χ1v) is 5.33. The van der Waals surface area contributed by atoms with E-state index in [2.05, 4.69) is 11.1 Å². The van der Waals surface area contributed by atoms with Crippen LogP contribution in [-0.2, 0) is 32.4 Å². The molecule has 1 atom stereocenters. The van der Waals surface area contributed by atoms with E-state index in [9.17, 15) is 8.78 Å². The minimum absolute atomic E-state index is 0. The van der Waals surface area contributed by atoms with Gasteiger partial charge in [-0.1, -0.05) is 6.07 Å². The number of hydrogen-bond acceptors (Lipinski definition) is 1. The van der Waals surface area contributed by atoms with Crippen LogP contribution in [-0.4, -0.2) is 4.98 Å². The Morgan fingerprint density at radius 1 is 1.22 bits per heavy atom. The fourth-order valence-corrected chi connectivity index (χ4v) is 1.64. The van der Waals surface area contributed by atoms with E-state index in [0.717, 1.165) is 0 Å². The molecular formula is C14H12F2IrN-. The summed E-state index contributed by atoms with van der Waals surface area (Å²) in [5, 5.41) is 0. The molecule has 0 saturated heterocycles. The van der Waals surface area contributed by atoms with Crippen molar-refractivity contribution < 1.29 is 28.9 Å². The maximum atomic E-state index is 14.7. The Morgan fingerprint density at radius 3 is 2.61 bits per heavy atom. The average Bonchev–Trinajstić information content (AvgIpc) is 2.40. The molecule has 0 fully saturated rings. The molecule has 0 saturated carbocycles. The molecule has 0 spiro atoms. The van der Waals surface area contributed by atoms with Crippen LogP contribution >= 0.6 is 0 Å². The molecule has 2 rings (SSSR count). The van der Waals surface area contributed by atoms with Crippen LogP contribution in [0.1, 0.15) is 23.9 Å². The van der Waals surface area contributed by atoms with Crippen molar-refractivity contribution in [2.75, 3.05) is 0 Å². The van der Waals surface area contributed by atoms with Crippen molar-refractivity contribution in [1.29, 1.82) is 0 Å². The van der Waals surface area contributed by atoms with Crippen molar-refractivity contribution in [1.82, 2.24) is 4.98 Å². The summed E-state index contributed by atoms with van der Waals surface area (Å²) >= 11 is 0. The summed E-state index contributed by atoms with van der Waals surface area (Å²) in [6, 6.07) is 14.3.